The second-order valence-electron chi connectivity index (χ2n) is 4.40. The number of carbonyl (C=O) groups excluding carboxylic acids is 2. The third-order valence-electron chi connectivity index (χ3n) is 2.45. The van der Waals surface area contributed by atoms with Crippen LogP contribution in [0.2, 0.25) is 0 Å². The molecule has 0 saturated carbocycles. The predicted molar refractivity (Wildman–Crippen MR) is 67.7 cm³/mol. The monoisotopic (exact) mass is 250 g/mol. The van der Waals surface area contributed by atoms with Crippen molar-refractivity contribution in [1.29, 1.82) is 0 Å². The van der Waals surface area contributed by atoms with E-state index in [2.05, 4.69) is 0 Å². The van der Waals surface area contributed by atoms with Gasteiger partial charge in [0.25, 0.3) is 0 Å². The summed E-state index contributed by atoms with van der Waals surface area (Å²) in [4.78, 5) is 23.1. The molecular weight excluding hydrogens is 232 g/mol. The van der Waals surface area contributed by atoms with Crippen molar-refractivity contribution in [2.75, 3.05) is 7.11 Å². The summed E-state index contributed by atoms with van der Waals surface area (Å²) in [6.45, 7) is 4.00. The Hall–Kier alpha value is -1.84. The maximum atomic E-state index is 11.6. The summed E-state index contributed by atoms with van der Waals surface area (Å²) in [5.74, 6) is -0.256. The van der Waals surface area contributed by atoms with E-state index >= 15 is 0 Å². The summed E-state index contributed by atoms with van der Waals surface area (Å²) in [5, 5.41) is 0. The Kier molecular flexibility index (Phi) is 5.36. The Morgan fingerprint density at radius 2 is 1.78 bits per heavy atom. The molecule has 98 valence electrons. The van der Waals surface area contributed by atoms with Crippen LogP contribution in [0.25, 0.3) is 0 Å². The van der Waals surface area contributed by atoms with Crippen molar-refractivity contribution in [3.63, 3.8) is 0 Å². The zero-order valence-electron chi connectivity index (χ0n) is 10.9. The fraction of sp³-hybridized carbons (Fsp3) is 0.429. The minimum Gasteiger partial charge on any atom is -0.493 e. The van der Waals surface area contributed by atoms with E-state index in [1.54, 1.807) is 24.3 Å². The molecule has 4 heteroatoms. The Morgan fingerprint density at radius 3 is 2.33 bits per heavy atom. The van der Waals surface area contributed by atoms with Crippen molar-refractivity contribution >= 4 is 11.8 Å². The summed E-state index contributed by atoms with van der Waals surface area (Å²) in [6, 6.07) is 6.73. The van der Waals surface area contributed by atoms with Gasteiger partial charge in [0.2, 0.25) is 5.78 Å². The van der Waals surface area contributed by atoms with Crippen molar-refractivity contribution in [3.05, 3.63) is 24.3 Å². The maximum Gasteiger partial charge on any atom is 0.380 e. The smallest absolute Gasteiger partial charge is 0.380 e. The van der Waals surface area contributed by atoms with Gasteiger partial charge in [0, 0.05) is 6.42 Å². The molecule has 0 fully saturated rings. The first-order chi connectivity index (χ1) is 8.54. The first kappa shape index (κ1) is 14.2. The van der Waals surface area contributed by atoms with E-state index in [9.17, 15) is 9.59 Å². The van der Waals surface area contributed by atoms with Gasteiger partial charge in [0.05, 0.1) is 7.11 Å². The van der Waals surface area contributed by atoms with E-state index in [-0.39, 0.29) is 12.2 Å². The Morgan fingerprint density at radius 1 is 1.17 bits per heavy atom. The first-order valence-electron chi connectivity index (χ1n) is 5.92. The molecule has 1 aromatic rings. The van der Waals surface area contributed by atoms with Gasteiger partial charge < -0.3 is 9.47 Å². The van der Waals surface area contributed by atoms with E-state index in [1.165, 1.54) is 7.11 Å². The quantitative estimate of drug-likeness (QED) is 0.442. The largest absolute Gasteiger partial charge is 0.493 e. The van der Waals surface area contributed by atoms with Crippen LogP contribution in [0.4, 0.5) is 0 Å². The fourth-order valence-electron chi connectivity index (χ4n) is 1.38. The maximum absolute atomic E-state index is 11.6. The molecule has 0 bridgehead atoms. The molecule has 0 N–H and O–H groups in total. The van der Waals surface area contributed by atoms with Crippen LogP contribution in [0.3, 0.4) is 0 Å². The van der Waals surface area contributed by atoms with E-state index in [1.807, 2.05) is 13.8 Å². The first-order valence-corrected chi connectivity index (χ1v) is 5.92. The van der Waals surface area contributed by atoms with Crippen LogP contribution in [-0.4, -0.2) is 18.9 Å². The molecular formula is C14H18O4. The summed E-state index contributed by atoms with van der Waals surface area (Å²) >= 11 is 0. The molecule has 0 aromatic heterocycles. The topological polar surface area (TPSA) is 52.6 Å². The van der Waals surface area contributed by atoms with Gasteiger partial charge in [-0.2, -0.15) is 0 Å². The molecule has 0 aliphatic carbocycles. The van der Waals surface area contributed by atoms with Gasteiger partial charge >= 0.3 is 5.97 Å². The van der Waals surface area contributed by atoms with Gasteiger partial charge in [0.1, 0.15) is 0 Å². The number of Topliss-reactive ketones (excluding diaryl/α,β-unsaturated/α-hetero) is 1. The second-order valence-corrected chi connectivity index (χ2v) is 4.40. The molecule has 1 rings (SSSR count). The standard InChI is InChI=1S/C14H18O4/c1-10(2)8-9-11(15)14(16)18-13-7-5-4-6-12(13)17-3/h4-7,10H,8-9H2,1-3H3. The van der Waals surface area contributed by atoms with Crippen LogP contribution in [0.1, 0.15) is 26.7 Å². The average Bonchev–Trinajstić information content (AvgIpc) is 2.36. The number of ether oxygens (including phenoxy) is 2. The fourth-order valence-corrected chi connectivity index (χ4v) is 1.38. The number of para-hydroxylation sites is 2. The number of carbonyl (C=O) groups is 2. The SMILES string of the molecule is COc1ccccc1OC(=O)C(=O)CCC(C)C. The van der Waals surface area contributed by atoms with Gasteiger partial charge in [-0.05, 0) is 24.5 Å². The number of hydrogen-bond acceptors (Lipinski definition) is 4. The zero-order chi connectivity index (χ0) is 13.5. The predicted octanol–water partition coefficient (Wildman–Crippen LogP) is 2.61. The van der Waals surface area contributed by atoms with Crippen LogP contribution in [0, 0.1) is 5.92 Å². The van der Waals surface area contributed by atoms with Crippen LogP contribution < -0.4 is 9.47 Å². The number of ketones is 1. The van der Waals surface area contributed by atoms with E-state index in [0.717, 1.165) is 0 Å². The normalized spacial score (nSPS) is 10.2. The molecule has 0 atom stereocenters. The summed E-state index contributed by atoms with van der Waals surface area (Å²) in [7, 11) is 1.48. The zero-order valence-corrected chi connectivity index (χ0v) is 10.9. The van der Waals surface area contributed by atoms with Gasteiger partial charge in [-0.1, -0.05) is 26.0 Å². The molecule has 0 unspecified atom stereocenters. The van der Waals surface area contributed by atoms with E-state index in [4.69, 9.17) is 9.47 Å². The van der Waals surface area contributed by atoms with Crippen LogP contribution in [0.5, 0.6) is 11.5 Å². The number of esters is 1. The molecule has 1 aromatic carbocycles. The highest BCUT2D eigenvalue weighted by Gasteiger charge is 2.18. The molecule has 0 saturated heterocycles. The molecule has 0 radical (unpaired) electrons. The number of methoxy groups -OCH3 is 1. The van der Waals surface area contributed by atoms with Crippen molar-refractivity contribution < 1.29 is 19.1 Å². The van der Waals surface area contributed by atoms with E-state index in [0.29, 0.717) is 18.1 Å². The molecule has 0 amide bonds. The lowest BCUT2D eigenvalue weighted by atomic mass is 10.1. The van der Waals surface area contributed by atoms with Gasteiger partial charge in [-0.15, -0.1) is 0 Å². The minimum absolute atomic E-state index is 0.214. The molecule has 0 aliphatic rings. The van der Waals surface area contributed by atoms with Gasteiger partial charge in [0.15, 0.2) is 11.5 Å². The molecule has 4 nitrogen and oxygen atoms in total. The number of hydrogen-bond donors (Lipinski definition) is 0. The minimum atomic E-state index is -0.833. The van der Waals surface area contributed by atoms with E-state index < -0.39 is 11.8 Å². The second kappa shape index (κ2) is 6.79. The molecule has 0 spiro atoms. The highest BCUT2D eigenvalue weighted by Crippen LogP contribution is 2.26. The lowest BCUT2D eigenvalue weighted by molar-refractivity contribution is -0.147. The third kappa shape index (κ3) is 4.20. The lowest BCUT2D eigenvalue weighted by Crippen LogP contribution is -2.20. The van der Waals surface area contributed by atoms with Gasteiger partial charge in [-0.25, -0.2) is 4.79 Å². The van der Waals surface area contributed by atoms with Crippen molar-refractivity contribution in [1.82, 2.24) is 0 Å². The lowest BCUT2D eigenvalue weighted by Gasteiger charge is -2.08. The average molecular weight is 250 g/mol. The molecule has 0 heterocycles. The Bertz CT molecular complexity index is 424. The highest BCUT2D eigenvalue weighted by atomic mass is 16.6. The molecule has 0 aliphatic heterocycles. The van der Waals surface area contributed by atoms with Crippen LogP contribution in [0.15, 0.2) is 24.3 Å². The highest BCUT2D eigenvalue weighted by molar-refractivity contribution is 6.34. The number of benzene rings is 1. The van der Waals surface area contributed by atoms with Crippen molar-refractivity contribution in [2.45, 2.75) is 26.7 Å². The Balaban J connectivity index is 2.61. The van der Waals surface area contributed by atoms with Crippen molar-refractivity contribution in [3.8, 4) is 11.5 Å². The van der Waals surface area contributed by atoms with Crippen LogP contribution >= 0.6 is 0 Å². The summed E-state index contributed by atoms with van der Waals surface area (Å²) in [6.07, 6.45) is 0.894. The van der Waals surface area contributed by atoms with Crippen LogP contribution in [-0.2, 0) is 9.59 Å². The van der Waals surface area contributed by atoms with Gasteiger partial charge in [-0.3, -0.25) is 4.79 Å². The summed E-state index contributed by atoms with van der Waals surface area (Å²) in [5.41, 5.74) is 0. The van der Waals surface area contributed by atoms with Crippen molar-refractivity contribution in [2.24, 2.45) is 5.92 Å². The third-order valence-corrected chi connectivity index (χ3v) is 2.45. The summed E-state index contributed by atoms with van der Waals surface area (Å²) < 4.78 is 10.1. The Labute approximate surface area is 107 Å². The molecule has 18 heavy (non-hydrogen) atoms. The number of rotatable bonds is 6.